The molecule has 0 radical (unpaired) electrons. The van der Waals surface area contributed by atoms with Gasteiger partial charge in [-0.15, -0.1) is 0 Å². The van der Waals surface area contributed by atoms with Gasteiger partial charge in [0.25, 0.3) is 0 Å². The van der Waals surface area contributed by atoms with E-state index in [-0.39, 0.29) is 28.5 Å². The number of Topliss-reactive ketones (excluding diaryl/α,β-unsaturated/α-hetero) is 1. The molecule has 0 spiro atoms. The topological polar surface area (TPSA) is 95.7 Å². The molecule has 172 valence electrons. The summed E-state index contributed by atoms with van der Waals surface area (Å²) in [7, 11) is 0. The zero-order chi connectivity index (χ0) is 24.1. The van der Waals surface area contributed by atoms with Crippen molar-refractivity contribution in [3.05, 3.63) is 64.7 Å². The molecule has 0 saturated heterocycles. The van der Waals surface area contributed by atoms with Gasteiger partial charge in [-0.1, -0.05) is 55.8 Å². The maximum Gasteiger partial charge on any atom is 0.343 e. The van der Waals surface area contributed by atoms with Gasteiger partial charge >= 0.3 is 11.9 Å². The summed E-state index contributed by atoms with van der Waals surface area (Å²) in [5.74, 6) is -2.80. The molecule has 0 saturated carbocycles. The number of ketones is 1. The van der Waals surface area contributed by atoms with Crippen molar-refractivity contribution >= 4 is 29.3 Å². The van der Waals surface area contributed by atoms with Crippen LogP contribution in [-0.2, 0) is 20.7 Å². The highest BCUT2D eigenvalue weighted by molar-refractivity contribution is 6.31. The van der Waals surface area contributed by atoms with Crippen LogP contribution >= 0.6 is 11.6 Å². The zero-order valence-corrected chi connectivity index (χ0v) is 19.9. The summed E-state index contributed by atoms with van der Waals surface area (Å²) in [6.07, 6.45) is 0.737. The van der Waals surface area contributed by atoms with Crippen LogP contribution in [0.5, 0.6) is 5.75 Å². The predicted octanol–water partition coefficient (Wildman–Crippen LogP) is 4.76. The van der Waals surface area contributed by atoms with Gasteiger partial charge in [0.05, 0.1) is 5.56 Å². The van der Waals surface area contributed by atoms with Gasteiger partial charge in [0.15, 0.2) is 5.78 Å². The highest BCUT2D eigenvalue weighted by atomic mass is 35.5. The van der Waals surface area contributed by atoms with E-state index in [1.165, 1.54) is 12.1 Å². The fourth-order valence-electron chi connectivity index (χ4n) is 2.95. The standard InChI is InChI=1S/C25H30ClNO5/c1-16(2)25(27,23(30)32-24(3,4)5)22(29)31-21-15-18(26)12-13-19(21)20(28)14-11-17-9-7-6-8-10-17/h6-10,12-13,15-16H,11,14,27H2,1-5H3. The molecule has 0 aromatic heterocycles. The number of esters is 2. The van der Waals surface area contributed by atoms with E-state index in [2.05, 4.69) is 0 Å². The molecule has 0 amide bonds. The average Bonchev–Trinajstić information content (AvgIpc) is 2.70. The van der Waals surface area contributed by atoms with Crippen LogP contribution in [0, 0.1) is 5.92 Å². The van der Waals surface area contributed by atoms with Crippen LogP contribution in [0.3, 0.4) is 0 Å². The first-order chi connectivity index (χ1) is 14.8. The Morgan fingerprint density at radius 2 is 1.62 bits per heavy atom. The molecule has 7 heteroatoms. The molecule has 0 aliphatic rings. The lowest BCUT2D eigenvalue weighted by Gasteiger charge is -2.32. The summed E-state index contributed by atoms with van der Waals surface area (Å²) in [5.41, 5.74) is 4.52. The smallest absolute Gasteiger partial charge is 0.343 e. The van der Waals surface area contributed by atoms with E-state index >= 15 is 0 Å². The number of benzene rings is 2. The third-order valence-corrected chi connectivity index (χ3v) is 5.15. The van der Waals surface area contributed by atoms with Gasteiger partial charge in [-0.3, -0.25) is 4.79 Å². The predicted molar refractivity (Wildman–Crippen MR) is 124 cm³/mol. The Bertz CT molecular complexity index is 982. The highest BCUT2D eigenvalue weighted by Gasteiger charge is 2.50. The Kier molecular flexibility index (Phi) is 8.21. The van der Waals surface area contributed by atoms with Crippen molar-refractivity contribution in [3.63, 3.8) is 0 Å². The summed E-state index contributed by atoms with van der Waals surface area (Å²) in [5, 5.41) is 0.275. The van der Waals surface area contributed by atoms with E-state index in [0.29, 0.717) is 6.42 Å². The van der Waals surface area contributed by atoms with Crippen LogP contribution in [0.1, 0.15) is 57.0 Å². The number of hydrogen-bond acceptors (Lipinski definition) is 6. The molecule has 2 aromatic carbocycles. The first-order valence-electron chi connectivity index (χ1n) is 10.5. The van der Waals surface area contributed by atoms with Crippen LogP contribution in [0.25, 0.3) is 0 Å². The van der Waals surface area contributed by atoms with Gasteiger partial charge in [0.2, 0.25) is 5.54 Å². The number of rotatable bonds is 8. The number of carbonyl (C=O) groups is 3. The van der Waals surface area contributed by atoms with E-state index < -0.39 is 29.0 Å². The molecule has 1 atom stereocenters. The number of nitrogens with two attached hydrogens (primary N) is 1. The van der Waals surface area contributed by atoms with Crippen LogP contribution < -0.4 is 10.5 Å². The van der Waals surface area contributed by atoms with Crippen molar-refractivity contribution in [2.24, 2.45) is 11.7 Å². The van der Waals surface area contributed by atoms with Crippen LogP contribution in [-0.4, -0.2) is 28.9 Å². The Labute approximate surface area is 194 Å². The first-order valence-corrected chi connectivity index (χ1v) is 10.8. The number of ether oxygens (including phenoxy) is 2. The van der Waals surface area contributed by atoms with Crippen molar-refractivity contribution in [1.29, 1.82) is 0 Å². The summed E-state index contributed by atoms with van der Waals surface area (Å²) in [6.45, 7) is 8.27. The first kappa shape index (κ1) is 25.6. The van der Waals surface area contributed by atoms with E-state index in [9.17, 15) is 14.4 Å². The maximum atomic E-state index is 13.1. The zero-order valence-electron chi connectivity index (χ0n) is 19.1. The van der Waals surface area contributed by atoms with E-state index in [4.69, 9.17) is 26.8 Å². The minimum Gasteiger partial charge on any atom is -0.458 e. The number of aryl methyl sites for hydroxylation is 1. The molecule has 0 fully saturated rings. The van der Waals surface area contributed by atoms with Crippen molar-refractivity contribution in [2.75, 3.05) is 0 Å². The Morgan fingerprint density at radius 3 is 2.19 bits per heavy atom. The fourth-order valence-corrected chi connectivity index (χ4v) is 3.11. The van der Waals surface area contributed by atoms with Crippen molar-refractivity contribution < 1.29 is 23.9 Å². The van der Waals surface area contributed by atoms with Crippen molar-refractivity contribution in [1.82, 2.24) is 0 Å². The molecule has 0 bridgehead atoms. The Morgan fingerprint density at radius 1 is 1.00 bits per heavy atom. The molecule has 1 unspecified atom stereocenters. The monoisotopic (exact) mass is 459 g/mol. The van der Waals surface area contributed by atoms with Gasteiger partial charge in [0, 0.05) is 17.5 Å². The lowest BCUT2D eigenvalue weighted by Crippen LogP contribution is -2.62. The second kappa shape index (κ2) is 10.3. The SMILES string of the molecule is CC(C)C(N)(C(=O)Oc1cc(Cl)ccc1C(=O)CCc1ccccc1)C(=O)OC(C)(C)C. The van der Waals surface area contributed by atoms with Gasteiger partial charge in [-0.25, -0.2) is 9.59 Å². The molecule has 0 aliphatic carbocycles. The van der Waals surface area contributed by atoms with E-state index in [1.54, 1.807) is 40.7 Å². The Balaban J connectivity index is 2.28. The van der Waals surface area contributed by atoms with Gasteiger partial charge in [0.1, 0.15) is 11.4 Å². The second-order valence-electron chi connectivity index (χ2n) is 8.96. The van der Waals surface area contributed by atoms with Gasteiger partial charge in [-0.2, -0.15) is 0 Å². The van der Waals surface area contributed by atoms with Crippen molar-refractivity contribution in [2.45, 2.75) is 58.6 Å². The third-order valence-electron chi connectivity index (χ3n) is 4.92. The second-order valence-corrected chi connectivity index (χ2v) is 9.40. The lowest BCUT2D eigenvalue weighted by molar-refractivity contribution is -0.170. The molecule has 2 aromatic rings. The van der Waals surface area contributed by atoms with Crippen LogP contribution in [0.15, 0.2) is 48.5 Å². The third kappa shape index (κ3) is 6.40. The molecule has 32 heavy (non-hydrogen) atoms. The van der Waals surface area contributed by atoms with E-state index in [0.717, 1.165) is 5.56 Å². The summed E-state index contributed by atoms with van der Waals surface area (Å²) >= 11 is 6.08. The number of halogens is 1. The summed E-state index contributed by atoms with van der Waals surface area (Å²) < 4.78 is 10.8. The normalized spacial score (nSPS) is 13.4. The fraction of sp³-hybridized carbons (Fsp3) is 0.400. The molecule has 0 heterocycles. The van der Waals surface area contributed by atoms with Crippen LogP contribution in [0.2, 0.25) is 5.02 Å². The van der Waals surface area contributed by atoms with Gasteiger partial charge < -0.3 is 15.2 Å². The molecular weight excluding hydrogens is 430 g/mol. The van der Waals surface area contributed by atoms with E-state index in [1.807, 2.05) is 30.3 Å². The lowest BCUT2D eigenvalue weighted by atomic mass is 9.87. The summed E-state index contributed by atoms with van der Waals surface area (Å²) in [6, 6.07) is 14.0. The van der Waals surface area contributed by atoms with Gasteiger partial charge in [-0.05, 0) is 50.8 Å². The quantitative estimate of drug-likeness (QED) is 0.265. The largest absolute Gasteiger partial charge is 0.458 e. The van der Waals surface area contributed by atoms with Crippen molar-refractivity contribution in [3.8, 4) is 5.75 Å². The molecular formula is C25H30ClNO5. The average molecular weight is 460 g/mol. The minimum absolute atomic E-state index is 0.0420. The molecule has 6 nitrogen and oxygen atoms in total. The van der Waals surface area contributed by atoms with Crippen LogP contribution in [0.4, 0.5) is 0 Å². The number of hydrogen-bond donors (Lipinski definition) is 1. The molecule has 2 N–H and O–H groups in total. The number of carbonyl (C=O) groups excluding carboxylic acids is 3. The maximum absolute atomic E-state index is 13.1. The highest BCUT2D eigenvalue weighted by Crippen LogP contribution is 2.28. The minimum atomic E-state index is -2.06. The Hall–Kier alpha value is -2.70. The summed E-state index contributed by atoms with van der Waals surface area (Å²) in [4.78, 5) is 38.7. The molecule has 2 rings (SSSR count). The molecule has 0 aliphatic heterocycles.